The Bertz CT molecular complexity index is 412. The van der Waals surface area contributed by atoms with Crippen molar-refractivity contribution in [3.8, 4) is 0 Å². The first-order valence-corrected chi connectivity index (χ1v) is 7.22. The van der Waals surface area contributed by atoms with Crippen LogP contribution >= 0.6 is 23.4 Å². The average molecular weight is 275 g/mol. The van der Waals surface area contributed by atoms with Crippen LogP contribution in [0.15, 0.2) is 18.2 Å². The summed E-state index contributed by atoms with van der Waals surface area (Å²) < 4.78 is 13.3. The summed E-state index contributed by atoms with van der Waals surface area (Å²) in [4.78, 5) is 0. The molecule has 94 valence electrons. The van der Waals surface area contributed by atoms with Crippen molar-refractivity contribution in [2.24, 2.45) is 0 Å². The smallest absolute Gasteiger partial charge is 0.142 e. The van der Waals surface area contributed by atoms with Gasteiger partial charge in [0.1, 0.15) is 5.82 Å². The van der Waals surface area contributed by atoms with Gasteiger partial charge in [-0.05, 0) is 30.2 Å². The van der Waals surface area contributed by atoms with Gasteiger partial charge < -0.3 is 5.11 Å². The van der Waals surface area contributed by atoms with E-state index in [0.717, 1.165) is 18.6 Å². The maximum atomic E-state index is 13.3. The minimum atomic E-state index is -0.764. The van der Waals surface area contributed by atoms with Crippen molar-refractivity contribution in [3.05, 3.63) is 34.6 Å². The lowest BCUT2D eigenvalue weighted by atomic mass is 9.87. The summed E-state index contributed by atoms with van der Waals surface area (Å²) in [6, 6.07) is 4.77. The molecule has 1 aliphatic rings. The molecule has 1 nitrogen and oxygen atoms in total. The molecule has 1 aromatic carbocycles. The highest BCUT2D eigenvalue weighted by Crippen LogP contribution is 2.37. The van der Waals surface area contributed by atoms with Crippen molar-refractivity contribution in [2.75, 3.05) is 5.75 Å². The van der Waals surface area contributed by atoms with E-state index in [1.807, 2.05) is 6.92 Å². The third-order valence-corrected chi connectivity index (χ3v) is 5.29. The summed E-state index contributed by atoms with van der Waals surface area (Å²) in [5.41, 5.74) is -0.0658. The summed E-state index contributed by atoms with van der Waals surface area (Å²) in [6.07, 6.45) is 2.18. The van der Waals surface area contributed by atoms with Gasteiger partial charge in [-0.3, -0.25) is 0 Å². The van der Waals surface area contributed by atoms with E-state index < -0.39 is 11.4 Å². The van der Waals surface area contributed by atoms with Gasteiger partial charge in [-0.2, -0.15) is 11.8 Å². The molecule has 2 atom stereocenters. The molecule has 0 spiro atoms. The van der Waals surface area contributed by atoms with Crippen molar-refractivity contribution >= 4 is 23.4 Å². The number of hydrogen-bond donors (Lipinski definition) is 1. The normalized spacial score (nSPS) is 29.3. The zero-order chi connectivity index (χ0) is 12.5. The lowest BCUT2D eigenvalue weighted by Gasteiger charge is -2.38. The molecule has 0 amide bonds. The Hall–Kier alpha value is -0.250. The van der Waals surface area contributed by atoms with Crippen LogP contribution in [-0.2, 0) is 6.42 Å². The van der Waals surface area contributed by atoms with Crippen LogP contribution in [0.4, 0.5) is 4.39 Å². The van der Waals surface area contributed by atoms with Crippen molar-refractivity contribution in [1.82, 2.24) is 0 Å². The van der Waals surface area contributed by atoms with Crippen molar-refractivity contribution in [3.63, 3.8) is 0 Å². The van der Waals surface area contributed by atoms with Gasteiger partial charge in [0.2, 0.25) is 0 Å². The van der Waals surface area contributed by atoms with Crippen LogP contribution in [0.3, 0.4) is 0 Å². The van der Waals surface area contributed by atoms with Gasteiger partial charge in [-0.15, -0.1) is 0 Å². The van der Waals surface area contributed by atoms with Crippen LogP contribution in [0.25, 0.3) is 0 Å². The molecule has 1 aromatic rings. The number of thioether (sulfide) groups is 1. The molecular weight excluding hydrogens is 259 g/mol. The first kappa shape index (κ1) is 13.2. The van der Waals surface area contributed by atoms with Gasteiger partial charge in [0.25, 0.3) is 0 Å². The fourth-order valence-electron chi connectivity index (χ4n) is 2.24. The Labute approximate surface area is 110 Å². The van der Waals surface area contributed by atoms with Gasteiger partial charge in [0.15, 0.2) is 0 Å². The van der Waals surface area contributed by atoms with Crippen LogP contribution in [-0.4, -0.2) is 21.7 Å². The van der Waals surface area contributed by atoms with Crippen molar-refractivity contribution in [2.45, 2.75) is 37.0 Å². The van der Waals surface area contributed by atoms with Gasteiger partial charge in [0.05, 0.1) is 10.6 Å². The molecule has 0 radical (unpaired) electrons. The topological polar surface area (TPSA) is 20.2 Å². The third kappa shape index (κ3) is 2.78. The molecule has 0 aliphatic carbocycles. The van der Waals surface area contributed by atoms with E-state index >= 15 is 0 Å². The Morgan fingerprint density at radius 2 is 2.35 bits per heavy atom. The summed E-state index contributed by atoms with van der Waals surface area (Å²) in [6.45, 7) is 2.02. The fraction of sp³-hybridized carbons (Fsp3) is 0.538. The van der Waals surface area contributed by atoms with Crippen molar-refractivity contribution < 1.29 is 9.50 Å². The molecule has 17 heavy (non-hydrogen) atoms. The molecule has 1 aliphatic heterocycles. The highest BCUT2D eigenvalue weighted by Gasteiger charge is 2.37. The third-order valence-electron chi connectivity index (χ3n) is 3.41. The lowest BCUT2D eigenvalue weighted by molar-refractivity contribution is 0.0297. The molecule has 1 fully saturated rings. The highest BCUT2D eigenvalue weighted by atomic mass is 35.5. The van der Waals surface area contributed by atoms with Crippen LogP contribution in [0.5, 0.6) is 0 Å². The second-order valence-electron chi connectivity index (χ2n) is 4.61. The van der Waals surface area contributed by atoms with E-state index in [9.17, 15) is 9.50 Å². The zero-order valence-corrected chi connectivity index (χ0v) is 11.3. The first-order chi connectivity index (χ1) is 8.03. The van der Waals surface area contributed by atoms with Gasteiger partial charge in [0, 0.05) is 11.7 Å². The summed E-state index contributed by atoms with van der Waals surface area (Å²) in [7, 11) is 0. The largest absolute Gasteiger partial charge is 0.388 e. The van der Waals surface area contributed by atoms with E-state index in [2.05, 4.69) is 0 Å². The molecule has 2 rings (SSSR count). The zero-order valence-electron chi connectivity index (χ0n) is 9.75. The summed E-state index contributed by atoms with van der Waals surface area (Å²) in [5.74, 6) is 0.671. The van der Waals surface area contributed by atoms with Crippen LogP contribution in [0, 0.1) is 5.82 Å². The van der Waals surface area contributed by atoms with Gasteiger partial charge in [-0.1, -0.05) is 30.7 Å². The van der Waals surface area contributed by atoms with E-state index in [-0.39, 0.29) is 10.3 Å². The standard InChI is InChI=1S/C13H16ClFOS/c1-9-13(16,6-3-7-17-9)8-10-4-2-5-11(15)12(10)14/h2,4-5,9,16H,3,6-8H2,1H3. The fourth-order valence-corrected chi connectivity index (χ4v) is 3.61. The van der Waals surface area contributed by atoms with Gasteiger partial charge in [-0.25, -0.2) is 4.39 Å². The predicted molar refractivity (Wildman–Crippen MR) is 71.2 cm³/mol. The quantitative estimate of drug-likeness (QED) is 0.888. The first-order valence-electron chi connectivity index (χ1n) is 5.80. The summed E-state index contributed by atoms with van der Waals surface area (Å²) in [5, 5.41) is 10.9. The molecule has 0 aromatic heterocycles. The monoisotopic (exact) mass is 274 g/mol. The second kappa shape index (κ2) is 5.17. The number of aliphatic hydroxyl groups is 1. The Kier molecular flexibility index (Phi) is 4.01. The molecular formula is C13H16ClFOS. The van der Waals surface area contributed by atoms with Crippen molar-refractivity contribution in [1.29, 1.82) is 0 Å². The number of benzene rings is 1. The summed E-state index contributed by atoms with van der Waals surface area (Å²) >= 11 is 7.70. The van der Waals surface area contributed by atoms with E-state index in [1.165, 1.54) is 6.07 Å². The van der Waals surface area contributed by atoms with E-state index in [0.29, 0.717) is 12.0 Å². The number of hydrogen-bond acceptors (Lipinski definition) is 2. The minimum absolute atomic E-state index is 0.142. The predicted octanol–water partition coefficient (Wildman–Crippen LogP) is 3.67. The molecule has 4 heteroatoms. The van der Waals surface area contributed by atoms with Crippen LogP contribution in [0.1, 0.15) is 25.3 Å². The Balaban J connectivity index is 2.22. The Morgan fingerprint density at radius 3 is 3.06 bits per heavy atom. The molecule has 1 heterocycles. The molecule has 1 N–H and O–H groups in total. The molecule has 2 unspecified atom stereocenters. The lowest BCUT2D eigenvalue weighted by Crippen LogP contribution is -2.43. The molecule has 1 saturated heterocycles. The van der Waals surface area contributed by atoms with Crippen LogP contribution in [0.2, 0.25) is 5.02 Å². The number of halogens is 2. The van der Waals surface area contributed by atoms with Crippen LogP contribution < -0.4 is 0 Å². The molecule has 0 bridgehead atoms. The Morgan fingerprint density at radius 1 is 1.59 bits per heavy atom. The average Bonchev–Trinajstić information content (AvgIpc) is 2.29. The van der Waals surface area contributed by atoms with Gasteiger partial charge >= 0.3 is 0 Å². The highest BCUT2D eigenvalue weighted by molar-refractivity contribution is 8.00. The number of rotatable bonds is 2. The molecule has 0 saturated carbocycles. The second-order valence-corrected chi connectivity index (χ2v) is 6.44. The van der Waals surface area contributed by atoms with E-state index in [1.54, 1.807) is 23.9 Å². The van der Waals surface area contributed by atoms with E-state index in [4.69, 9.17) is 11.6 Å². The minimum Gasteiger partial charge on any atom is -0.388 e. The maximum absolute atomic E-state index is 13.3. The maximum Gasteiger partial charge on any atom is 0.142 e. The SMILES string of the molecule is CC1SCCCC1(O)Cc1cccc(F)c1Cl.